The third kappa shape index (κ3) is 4.20. The quantitative estimate of drug-likeness (QED) is 0.222. The van der Waals surface area contributed by atoms with Crippen molar-refractivity contribution in [1.29, 1.82) is 0 Å². The lowest BCUT2D eigenvalue weighted by atomic mass is 9.62. The second-order valence-electron chi connectivity index (χ2n) is 11.6. The van der Waals surface area contributed by atoms with Gasteiger partial charge in [-0.3, -0.25) is 14.4 Å². The van der Waals surface area contributed by atoms with Gasteiger partial charge in [0.15, 0.2) is 11.6 Å². The minimum atomic E-state index is -1.45. The van der Waals surface area contributed by atoms with Crippen molar-refractivity contribution < 1.29 is 19.1 Å². The van der Waals surface area contributed by atoms with E-state index in [0.29, 0.717) is 27.6 Å². The molecule has 0 saturated carbocycles. The standard InChI is InChI=1S/C36H28Cl2N2O4/c1-20(2)44-24-14-11-22(12-15-24)32(41)31-30(33(42)26-16-13-23(37)19-28(26)38)36(27-9-5-6-10-29(27)39-35(36)43)34-25-8-4-3-7-21(25)17-18-40(31)34/h3-20,30-31,34H,1-2H3,(H,39,43)/t30-,31-,34+,36-/m0/s1. The molecule has 3 aliphatic rings. The molecule has 1 N–H and O–H groups in total. The molecular weight excluding hydrogens is 595 g/mol. The number of fused-ring (bicyclic) bond motifs is 6. The predicted molar refractivity (Wildman–Crippen MR) is 171 cm³/mol. The molecule has 3 heterocycles. The van der Waals surface area contributed by atoms with E-state index in [1.54, 1.807) is 36.4 Å². The number of halogens is 2. The Balaban J connectivity index is 1.49. The normalized spacial score (nSPS) is 22.9. The van der Waals surface area contributed by atoms with Crippen molar-refractivity contribution in [2.75, 3.05) is 5.32 Å². The Bertz CT molecular complexity index is 1870. The first-order valence-electron chi connectivity index (χ1n) is 14.5. The molecule has 7 rings (SSSR count). The fourth-order valence-electron chi connectivity index (χ4n) is 7.17. The largest absolute Gasteiger partial charge is 0.491 e. The third-order valence-corrected chi connectivity index (χ3v) is 9.38. The van der Waals surface area contributed by atoms with Gasteiger partial charge >= 0.3 is 0 Å². The van der Waals surface area contributed by atoms with Gasteiger partial charge in [-0.1, -0.05) is 65.7 Å². The van der Waals surface area contributed by atoms with Crippen LogP contribution < -0.4 is 10.1 Å². The molecule has 220 valence electrons. The number of rotatable bonds is 6. The minimum absolute atomic E-state index is 0.0300. The van der Waals surface area contributed by atoms with Gasteiger partial charge in [-0.2, -0.15) is 0 Å². The molecule has 1 saturated heterocycles. The third-order valence-electron chi connectivity index (χ3n) is 8.83. The van der Waals surface area contributed by atoms with Crippen LogP contribution >= 0.6 is 23.2 Å². The second-order valence-corrected chi connectivity index (χ2v) is 12.5. The summed E-state index contributed by atoms with van der Waals surface area (Å²) in [6, 6.07) is 25.1. The molecular formula is C36H28Cl2N2O4. The van der Waals surface area contributed by atoms with Crippen molar-refractivity contribution in [3.8, 4) is 5.75 Å². The zero-order valence-corrected chi connectivity index (χ0v) is 25.5. The fourth-order valence-corrected chi connectivity index (χ4v) is 7.67. The van der Waals surface area contributed by atoms with Gasteiger partial charge in [0, 0.05) is 28.0 Å². The van der Waals surface area contributed by atoms with E-state index in [4.69, 9.17) is 27.9 Å². The summed E-state index contributed by atoms with van der Waals surface area (Å²) in [5, 5.41) is 3.59. The van der Waals surface area contributed by atoms with Crippen LogP contribution in [0.15, 0.2) is 97.2 Å². The van der Waals surface area contributed by atoms with Crippen molar-refractivity contribution in [1.82, 2.24) is 4.90 Å². The van der Waals surface area contributed by atoms with Crippen LogP contribution in [-0.4, -0.2) is 34.5 Å². The summed E-state index contributed by atoms with van der Waals surface area (Å²) < 4.78 is 5.80. The Kier molecular flexibility index (Phi) is 6.87. The molecule has 6 nitrogen and oxygen atoms in total. The Morgan fingerprint density at radius 3 is 2.39 bits per heavy atom. The number of para-hydroxylation sites is 1. The lowest BCUT2D eigenvalue weighted by molar-refractivity contribution is -0.122. The first-order valence-corrected chi connectivity index (χ1v) is 15.2. The van der Waals surface area contributed by atoms with E-state index in [1.807, 2.05) is 79.6 Å². The molecule has 4 aromatic carbocycles. The molecule has 0 aromatic heterocycles. The number of nitrogens with one attached hydrogen (secondary N) is 1. The summed E-state index contributed by atoms with van der Waals surface area (Å²) in [5.74, 6) is -1.53. The molecule has 0 unspecified atom stereocenters. The number of hydrogen-bond acceptors (Lipinski definition) is 5. The molecule has 1 spiro atoms. The van der Waals surface area contributed by atoms with Crippen LogP contribution in [0.25, 0.3) is 6.08 Å². The highest BCUT2D eigenvalue weighted by molar-refractivity contribution is 6.37. The fraction of sp³-hybridized carbons (Fsp3) is 0.194. The number of Topliss-reactive ketones (excluding diaryl/α,β-unsaturated/α-hetero) is 2. The second kappa shape index (κ2) is 10.7. The van der Waals surface area contributed by atoms with Crippen LogP contribution in [0.3, 0.4) is 0 Å². The Labute approximate surface area is 265 Å². The molecule has 4 atom stereocenters. The number of nitrogens with zero attached hydrogens (tertiary/aromatic N) is 1. The van der Waals surface area contributed by atoms with E-state index in [2.05, 4.69) is 5.32 Å². The SMILES string of the molecule is CC(C)Oc1ccc(C(=O)[C@@H]2[C@@H](C(=O)c3ccc(Cl)cc3Cl)[C@]3(C(=O)Nc4ccccc43)[C@H]3c4ccccc4C=CN23)cc1. The zero-order chi connectivity index (χ0) is 30.7. The van der Waals surface area contributed by atoms with Gasteiger partial charge in [0.1, 0.15) is 17.2 Å². The van der Waals surface area contributed by atoms with Gasteiger partial charge in [0.05, 0.1) is 23.1 Å². The summed E-state index contributed by atoms with van der Waals surface area (Å²) in [4.78, 5) is 46.1. The highest BCUT2D eigenvalue weighted by Gasteiger charge is 2.70. The number of anilines is 1. The molecule has 0 bridgehead atoms. The first-order chi connectivity index (χ1) is 21.2. The summed E-state index contributed by atoms with van der Waals surface area (Å²) >= 11 is 12.8. The Morgan fingerprint density at radius 1 is 0.909 bits per heavy atom. The average Bonchev–Trinajstić information content (AvgIpc) is 3.49. The molecule has 1 fully saturated rings. The van der Waals surface area contributed by atoms with E-state index in [1.165, 1.54) is 6.07 Å². The lowest BCUT2D eigenvalue weighted by Gasteiger charge is -2.38. The number of ether oxygens (including phenoxy) is 1. The van der Waals surface area contributed by atoms with Crippen molar-refractivity contribution in [2.45, 2.75) is 37.5 Å². The summed E-state index contributed by atoms with van der Waals surface area (Å²) in [5.41, 5.74) is 2.23. The smallest absolute Gasteiger partial charge is 0.238 e. The van der Waals surface area contributed by atoms with Crippen molar-refractivity contribution in [3.63, 3.8) is 0 Å². The number of ketones is 2. The highest BCUT2D eigenvalue weighted by atomic mass is 35.5. The van der Waals surface area contributed by atoms with E-state index >= 15 is 0 Å². The number of benzene rings is 4. The van der Waals surface area contributed by atoms with Crippen LogP contribution in [0.1, 0.15) is 57.3 Å². The van der Waals surface area contributed by atoms with Crippen molar-refractivity contribution >= 4 is 52.4 Å². The summed E-state index contributed by atoms with van der Waals surface area (Å²) in [6.07, 6.45) is 3.75. The van der Waals surface area contributed by atoms with Gasteiger partial charge in [0.25, 0.3) is 0 Å². The molecule has 8 heteroatoms. The van der Waals surface area contributed by atoms with Gasteiger partial charge in [-0.05, 0) is 85.1 Å². The van der Waals surface area contributed by atoms with Gasteiger partial charge in [-0.15, -0.1) is 0 Å². The van der Waals surface area contributed by atoms with Crippen molar-refractivity contribution in [2.24, 2.45) is 5.92 Å². The van der Waals surface area contributed by atoms with E-state index < -0.39 is 29.2 Å². The van der Waals surface area contributed by atoms with Crippen LogP contribution in [0.5, 0.6) is 5.75 Å². The average molecular weight is 624 g/mol. The minimum Gasteiger partial charge on any atom is -0.491 e. The van der Waals surface area contributed by atoms with Gasteiger partial charge in [-0.25, -0.2) is 0 Å². The first kappa shape index (κ1) is 28.4. The highest BCUT2D eigenvalue weighted by Crippen LogP contribution is 2.62. The maximum Gasteiger partial charge on any atom is 0.238 e. The van der Waals surface area contributed by atoms with Crippen LogP contribution in [0.2, 0.25) is 10.0 Å². The Hall–Kier alpha value is -4.39. The molecule has 3 aliphatic heterocycles. The van der Waals surface area contributed by atoms with Gasteiger partial charge in [0.2, 0.25) is 5.91 Å². The maximum atomic E-state index is 14.9. The number of amides is 1. The topological polar surface area (TPSA) is 75.7 Å². The summed E-state index contributed by atoms with van der Waals surface area (Å²) in [7, 11) is 0. The van der Waals surface area contributed by atoms with Crippen LogP contribution in [0, 0.1) is 5.92 Å². The van der Waals surface area contributed by atoms with E-state index in [0.717, 1.165) is 11.1 Å². The number of carbonyl (C=O) groups excluding carboxylic acids is 3. The number of hydrogen-bond donors (Lipinski definition) is 1. The molecule has 4 aromatic rings. The lowest BCUT2D eigenvalue weighted by Crippen LogP contribution is -2.49. The van der Waals surface area contributed by atoms with Crippen LogP contribution in [0.4, 0.5) is 5.69 Å². The predicted octanol–water partition coefficient (Wildman–Crippen LogP) is 7.76. The summed E-state index contributed by atoms with van der Waals surface area (Å²) in [6.45, 7) is 3.86. The Morgan fingerprint density at radius 2 is 1.64 bits per heavy atom. The molecule has 44 heavy (non-hydrogen) atoms. The molecule has 1 amide bonds. The maximum absolute atomic E-state index is 14.9. The van der Waals surface area contributed by atoms with E-state index in [-0.39, 0.29) is 28.4 Å². The van der Waals surface area contributed by atoms with Gasteiger partial charge < -0.3 is 15.0 Å². The monoisotopic (exact) mass is 622 g/mol. The number of carbonyl (C=O) groups is 3. The van der Waals surface area contributed by atoms with Crippen LogP contribution in [-0.2, 0) is 10.2 Å². The van der Waals surface area contributed by atoms with Crippen molar-refractivity contribution in [3.05, 3.63) is 135 Å². The molecule has 0 radical (unpaired) electrons. The molecule has 0 aliphatic carbocycles. The van der Waals surface area contributed by atoms with E-state index in [9.17, 15) is 14.4 Å². The zero-order valence-electron chi connectivity index (χ0n) is 24.0.